The van der Waals surface area contributed by atoms with Gasteiger partial charge in [-0.3, -0.25) is 9.10 Å². The molecule has 0 spiro atoms. The first-order valence-electron chi connectivity index (χ1n) is 11.3. The van der Waals surface area contributed by atoms with Crippen molar-refractivity contribution in [2.24, 2.45) is 5.92 Å². The Bertz CT molecular complexity index is 1010. The quantitative estimate of drug-likeness (QED) is 0.570. The van der Waals surface area contributed by atoms with Crippen LogP contribution in [-0.2, 0) is 21.5 Å². The average Bonchev–Trinajstić information content (AvgIpc) is 2.84. The van der Waals surface area contributed by atoms with Crippen LogP contribution in [0.1, 0.15) is 32.3 Å². The highest BCUT2D eigenvalue weighted by Gasteiger charge is 2.35. The SMILES string of the molecule is CCOc1ccc(CNC(=O)[C@H]2CCCN(S(=O)(=O)N(CC)c3ccc(OC)cc3)C2)cc1. The Morgan fingerprint density at radius 1 is 1.09 bits per heavy atom. The van der Waals surface area contributed by atoms with Crippen LogP contribution >= 0.6 is 0 Å². The summed E-state index contributed by atoms with van der Waals surface area (Å²) in [6, 6.07) is 14.5. The lowest BCUT2D eigenvalue weighted by Crippen LogP contribution is -2.50. The second kappa shape index (κ2) is 11.4. The fourth-order valence-corrected chi connectivity index (χ4v) is 5.66. The molecule has 1 N–H and O–H groups in total. The highest BCUT2D eigenvalue weighted by atomic mass is 32.2. The van der Waals surface area contributed by atoms with Gasteiger partial charge < -0.3 is 14.8 Å². The van der Waals surface area contributed by atoms with E-state index in [0.29, 0.717) is 50.5 Å². The van der Waals surface area contributed by atoms with Crippen molar-refractivity contribution in [3.8, 4) is 11.5 Å². The molecule has 1 heterocycles. The van der Waals surface area contributed by atoms with Gasteiger partial charge in [-0.25, -0.2) is 0 Å². The Balaban J connectivity index is 1.63. The lowest BCUT2D eigenvalue weighted by atomic mass is 9.99. The van der Waals surface area contributed by atoms with Gasteiger partial charge in [-0.05, 0) is 68.7 Å². The third kappa shape index (κ3) is 6.17. The molecule has 0 unspecified atom stereocenters. The summed E-state index contributed by atoms with van der Waals surface area (Å²) in [5, 5.41) is 2.95. The molecule has 1 fully saturated rings. The lowest BCUT2D eigenvalue weighted by Gasteiger charge is -2.35. The number of rotatable bonds is 10. The van der Waals surface area contributed by atoms with Crippen LogP contribution < -0.4 is 19.1 Å². The highest BCUT2D eigenvalue weighted by molar-refractivity contribution is 7.90. The number of carbonyl (C=O) groups excluding carboxylic acids is 1. The molecule has 1 aliphatic heterocycles. The van der Waals surface area contributed by atoms with Gasteiger partial charge in [0.1, 0.15) is 11.5 Å². The molecule has 9 heteroatoms. The summed E-state index contributed by atoms with van der Waals surface area (Å²) in [5.74, 6) is 0.939. The summed E-state index contributed by atoms with van der Waals surface area (Å²) >= 11 is 0. The largest absolute Gasteiger partial charge is 0.497 e. The van der Waals surface area contributed by atoms with E-state index in [9.17, 15) is 13.2 Å². The topological polar surface area (TPSA) is 88.2 Å². The number of hydrogen-bond acceptors (Lipinski definition) is 5. The number of benzene rings is 2. The Morgan fingerprint density at radius 2 is 1.76 bits per heavy atom. The molecule has 0 aromatic heterocycles. The van der Waals surface area contributed by atoms with E-state index >= 15 is 0 Å². The Labute approximate surface area is 196 Å². The van der Waals surface area contributed by atoms with Crippen LogP contribution in [0, 0.1) is 5.92 Å². The number of piperidine rings is 1. The van der Waals surface area contributed by atoms with Crippen molar-refractivity contribution in [2.45, 2.75) is 33.2 Å². The van der Waals surface area contributed by atoms with Gasteiger partial charge in [-0.15, -0.1) is 0 Å². The zero-order valence-corrected chi connectivity index (χ0v) is 20.3. The van der Waals surface area contributed by atoms with Gasteiger partial charge in [0.05, 0.1) is 25.3 Å². The zero-order chi connectivity index (χ0) is 23.8. The number of carbonyl (C=O) groups is 1. The minimum atomic E-state index is -3.76. The monoisotopic (exact) mass is 475 g/mol. The fraction of sp³-hybridized carbons (Fsp3) is 0.458. The van der Waals surface area contributed by atoms with Crippen molar-refractivity contribution in [1.29, 1.82) is 0 Å². The van der Waals surface area contributed by atoms with Gasteiger partial charge in [0.2, 0.25) is 5.91 Å². The van der Waals surface area contributed by atoms with Gasteiger partial charge in [-0.1, -0.05) is 12.1 Å². The molecule has 180 valence electrons. The Kier molecular flexibility index (Phi) is 8.57. The van der Waals surface area contributed by atoms with E-state index in [0.717, 1.165) is 11.3 Å². The van der Waals surface area contributed by atoms with Crippen molar-refractivity contribution in [2.75, 3.05) is 37.7 Å². The summed E-state index contributed by atoms with van der Waals surface area (Å²) in [6.45, 7) is 5.58. The number of ether oxygens (including phenoxy) is 2. The molecule has 3 rings (SSSR count). The number of nitrogens with one attached hydrogen (secondary N) is 1. The highest BCUT2D eigenvalue weighted by Crippen LogP contribution is 2.27. The molecule has 1 amide bonds. The molecule has 0 radical (unpaired) electrons. The predicted molar refractivity (Wildman–Crippen MR) is 129 cm³/mol. The van der Waals surface area contributed by atoms with E-state index < -0.39 is 10.2 Å². The van der Waals surface area contributed by atoms with Crippen LogP contribution in [0.15, 0.2) is 48.5 Å². The maximum Gasteiger partial charge on any atom is 0.304 e. The first-order valence-corrected chi connectivity index (χ1v) is 12.7. The maximum absolute atomic E-state index is 13.4. The zero-order valence-electron chi connectivity index (χ0n) is 19.5. The average molecular weight is 476 g/mol. The first kappa shape index (κ1) is 24.9. The normalized spacial score (nSPS) is 16.8. The van der Waals surface area contributed by atoms with E-state index in [-0.39, 0.29) is 18.4 Å². The van der Waals surface area contributed by atoms with Gasteiger partial charge in [0.15, 0.2) is 0 Å². The second-order valence-corrected chi connectivity index (χ2v) is 9.72. The second-order valence-electron chi connectivity index (χ2n) is 7.86. The number of nitrogens with zero attached hydrogens (tertiary/aromatic N) is 2. The van der Waals surface area contributed by atoms with E-state index in [2.05, 4.69) is 5.32 Å². The van der Waals surface area contributed by atoms with Crippen molar-refractivity contribution in [3.05, 3.63) is 54.1 Å². The molecule has 1 aliphatic rings. The molecule has 1 atom stereocenters. The van der Waals surface area contributed by atoms with Gasteiger partial charge in [0, 0.05) is 26.2 Å². The Hall–Kier alpha value is -2.78. The summed E-state index contributed by atoms with van der Waals surface area (Å²) in [5.41, 5.74) is 1.53. The summed E-state index contributed by atoms with van der Waals surface area (Å²) < 4.78 is 40.2. The molecule has 2 aromatic rings. The summed E-state index contributed by atoms with van der Waals surface area (Å²) in [7, 11) is -2.19. The number of anilines is 1. The minimum absolute atomic E-state index is 0.128. The van der Waals surface area contributed by atoms with Crippen LogP contribution in [0.25, 0.3) is 0 Å². The number of hydrogen-bond donors (Lipinski definition) is 1. The van der Waals surface area contributed by atoms with Crippen LogP contribution in [0.4, 0.5) is 5.69 Å². The molecule has 2 aromatic carbocycles. The first-order chi connectivity index (χ1) is 15.9. The van der Waals surface area contributed by atoms with E-state index in [1.54, 1.807) is 38.3 Å². The molecule has 0 bridgehead atoms. The third-order valence-electron chi connectivity index (χ3n) is 5.71. The molecule has 8 nitrogen and oxygen atoms in total. The minimum Gasteiger partial charge on any atom is -0.497 e. The standard InChI is InChI=1S/C24H33N3O5S/c1-4-27(21-10-14-22(31-3)15-11-21)33(29,30)26-16-6-7-20(18-26)24(28)25-17-19-8-12-23(13-9-19)32-5-2/h8-15,20H,4-7,16-18H2,1-3H3,(H,25,28)/t20-/m0/s1. The number of amides is 1. The van der Waals surface area contributed by atoms with E-state index in [1.165, 1.54) is 8.61 Å². The van der Waals surface area contributed by atoms with Crippen molar-refractivity contribution in [1.82, 2.24) is 9.62 Å². The fourth-order valence-electron chi connectivity index (χ4n) is 3.94. The third-order valence-corrected chi connectivity index (χ3v) is 7.72. The maximum atomic E-state index is 13.4. The predicted octanol–water partition coefficient (Wildman–Crippen LogP) is 3.19. The summed E-state index contributed by atoms with van der Waals surface area (Å²) in [6.07, 6.45) is 1.30. The van der Waals surface area contributed by atoms with Crippen LogP contribution in [-0.4, -0.2) is 52.0 Å². The van der Waals surface area contributed by atoms with Crippen LogP contribution in [0.2, 0.25) is 0 Å². The number of methoxy groups -OCH3 is 1. The molecular weight excluding hydrogens is 442 g/mol. The van der Waals surface area contributed by atoms with Crippen molar-refractivity contribution in [3.63, 3.8) is 0 Å². The van der Waals surface area contributed by atoms with Crippen LogP contribution in [0.3, 0.4) is 0 Å². The van der Waals surface area contributed by atoms with E-state index in [1.807, 2.05) is 31.2 Å². The molecule has 0 aliphatic carbocycles. The molecular formula is C24H33N3O5S. The van der Waals surface area contributed by atoms with Gasteiger partial charge in [-0.2, -0.15) is 12.7 Å². The smallest absolute Gasteiger partial charge is 0.304 e. The van der Waals surface area contributed by atoms with Crippen molar-refractivity contribution >= 4 is 21.8 Å². The Morgan fingerprint density at radius 3 is 2.36 bits per heavy atom. The molecule has 33 heavy (non-hydrogen) atoms. The van der Waals surface area contributed by atoms with Crippen LogP contribution in [0.5, 0.6) is 11.5 Å². The molecule has 0 saturated carbocycles. The van der Waals surface area contributed by atoms with Crippen molar-refractivity contribution < 1.29 is 22.7 Å². The molecule has 1 saturated heterocycles. The summed E-state index contributed by atoms with van der Waals surface area (Å²) in [4.78, 5) is 12.8. The lowest BCUT2D eigenvalue weighted by molar-refractivity contribution is -0.126. The van der Waals surface area contributed by atoms with E-state index in [4.69, 9.17) is 9.47 Å². The van der Waals surface area contributed by atoms with Gasteiger partial charge >= 0.3 is 10.2 Å². The van der Waals surface area contributed by atoms with Gasteiger partial charge in [0.25, 0.3) is 0 Å².